The molecule has 3 aromatic rings. The third kappa shape index (κ3) is 2.55. The van der Waals surface area contributed by atoms with Gasteiger partial charge in [0.2, 0.25) is 0 Å². The molecule has 8 heteroatoms. The van der Waals surface area contributed by atoms with Gasteiger partial charge in [0, 0.05) is 18.2 Å². The van der Waals surface area contributed by atoms with Crippen LogP contribution in [0.25, 0.3) is 5.65 Å². The fourth-order valence-corrected chi connectivity index (χ4v) is 3.06. The molecular weight excluding hydrogens is 338 g/mol. The Balaban J connectivity index is 1.87. The van der Waals surface area contributed by atoms with E-state index >= 15 is 0 Å². The van der Waals surface area contributed by atoms with Crippen LogP contribution in [-0.2, 0) is 6.42 Å². The van der Waals surface area contributed by atoms with E-state index in [0.29, 0.717) is 17.9 Å². The third-order valence-corrected chi connectivity index (χ3v) is 4.12. The van der Waals surface area contributed by atoms with Crippen LogP contribution in [-0.4, -0.2) is 19.9 Å². The van der Waals surface area contributed by atoms with Crippen LogP contribution in [0, 0.1) is 10.1 Å². The molecule has 0 unspecified atom stereocenters. The lowest BCUT2D eigenvalue weighted by Crippen LogP contribution is -2.24. The van der Waals surface area contributed by atoms with Crippen molar-refractivity contribution in [3.8, 4) is 17.4 Å². The van der Waals surface area contributed by atoms with Crippen molar-refractivity contribution in [2.45, 2.75) is 25.9 Å². The number of rotatable bonds is 3. The number of nitrogens with zero attached hydrogens (tertiary/aromatic N) is 3. The van der Waals surface area contributed by atoms with Crippen LogP contribution >= 0.6 is 0 Å². The van der Waals surface area contributed by atoms with Gasteiger partial charge in [-0.2, -0.15) is 4.98 Å². The van der Waals surface area contributed by atoms with Crippen LogP contribution in [0.15, 0.2) is 47.4 Å². The molecule has 0 fully saturated rings. The second-order valence-corrected chi connectivity index (χ2v) is 6.64. The predicted octanol–water partition coefficient (Wildman–Crippen LogP) is 3.11. The molecule has 0 aliphatic carbocycles. The van der Waals surface area contributed by atoms with Gasteiger partial charge in [0.15, 0.2) is 11.5 Å². The highest BCUT2D eigenvalue weighted by Crippen LogP contribution is 2.43. The molecule has 0 saturated heterocycles. The summed E-state index contributed by atoms with van der Waals surface area (Å²) in [7, 11) is 0. The van der Waals surface area contributed by atoms with Crippen LogP contribution in [0.5, 0.6) is 17.4 Å². The number of benzene rings is 1. The fraction of sp³-hybridized carbons (Fsp3) is 0.222. The van der Waals surface area contributed by atoms with E-state index in [1.54, 1.807) is 30.3 Å². The first-order valence-corrected chi connectivity index (χ1v) is 8.00. The zero-order chi connectivity index (χ0) is 18.5. The summed E-state index contributed by atoms with van der Waals surface area (Å²) < 4.78 is 12.7. The van der Waals surface area contributed by atoms with Gasteiger partial charge in [0.25, 0.3) is 0 Å². The zero-order valence-corrected chi connectivity index (χ0v) is 14.1. The van der Waals surface area contributed by atoms with Crippen molar-refractivity contribution < 1.29 is 14.4 Å². The Kier molecular flexibility index (Phi) is 3.43. The maximum atomic E-state index is 12.5. The SMILES string of the molecule is CC1(C)Cc2cccc(Oc3nc4ccccn4c(=O)c3[N+](=O)[O-])c2O1. The molecule has 0 atom stereocenters. The monoisotopic (exact) mass is 353 g/mol. The summed E-state index contributed by atoms with van der Waals surface area (Å²) >= 11 is 0. The van der Waals surface area contributed by atoms with Crippen molar-refractivity contribution in [1.29, 1.82) is 0 Å². The second-order valence-electron chi connectivity index (χ2n) is 6.64. The summed E-state index contributed by atoms with van der Waals surface area (Å²) in [4.78, 5) is 27.3. The van der Waals surface area contributed by atoms with Gasteiger partial charge >= 0.3 is 17.1 Å². The first-order chi connectivity index (χ1) is 12.4. The minimum Gasteiger partial charge on any atom is -0.483 e. The molecule has 0 N–H and O–H groups in total. The molecule has 8 nitrogen and oxygen atoms in total. The molecule has 0 amide bonds. The Morgan fingerprint density at radius 1 is 1.27 bits per heavy atom. The van der Waals surface area contributed by atoms with E-state index in [4.69, 9.17) is 9.47 Å². The van der Waals surface area contributed by atoms with E-state index in [9.17, 15) is 14.9 Å². The van der Waals surface area contributed by atoms with E-state index in [2.05, 4.69) is 4.98 Å². The number of nitro groups is 1. The highest BCUT2D eigenvalue weighted by molar-refractivity contribution is 5.55. The minimum atomic E-state index is -0.801. The summed E-state index contributed by atoms with van der Waals surface area (Å²) in [5.74, 6) is 0.457. The van der Waals surface area contributed by atoms with E-state index < -0.39 is 21.8 Å². The van der Waals surface area contributed by atoms with Crippen LogP contribution in [0.3, 0.4) is 0 Å². The standard InChI is InChI=1S/C18H15N3O5/c1-18(2)10-11-6-5-7-12(15(11)26-18)25-16-14(21(23)24)17(22)20-9-4-3-8-13(20)19-16/h3-9H,10H2,1-2H3. The number of ether oxygens (including phenoxy) is 2. The highest BCUT2D eigenvalue weighted by atomic mass is 16.6. The maximum Gasteiger partial charge on any atom is 0.396 e. The van der Waals surface area contributed by atoms with Crippen molar-refractivity contribution in [1.82, 2.24) is 9.38 Å². The van der Waals surface area contributed by atoms with Crippen molar-refractivity contribution in [3.05, 3.63) is 68.6 Å². The van der Waals surface area contributed by atoms with Crippen molar-refractivity contribution in [2.24, 2.45) is 0 Å². The van der Waals surface area contributed by atoms with Crippen LogP contribution in [0.1, 0.15) is 19.4 Å². The fourth-order valence-electron chi connectivity index (χ4n) is 3.06. The third-order valence-electron chi connectivity index (χ3n) is 4.12. The van der Waals surface area contributed by atoms with Crippen LogP contribution < -0.4 is 15.0 Å². The second kappa shape index (κ2) is 5.55. The Labute approximate surface area is 147 Å². The van der Waals surface area contributed by atoms with Crippen LogP contribution in [0.2, 0.25) is 0 Å². The zero-order valence-electron chi connectivity index (χ0n) is 14.1. The smallest absolute Gasteiger partial charge is 0.396 e. The summed E-state index contributed by atoms with van der Waals surface area (Å²) in [6.07, 6.45) is 2.11. The largest absolute Gasteiger partial charge is 0.483 e. The topological polar surface area (TPSA) is 96.0 Å². The number of hydrogen-bond donors (Lipinski definition) is 0. The minimum absolute atomic E-state index is 0.256. The molecule has 0 saturated carbocycles. The maximum absolute atomic E-state index is 12.5. The Morgan fingerprint density at radius 2 is 2.08 bits per heavy atom. The molecule has 132 valence electrons. The molecule has 0 radical (unpaired) electrons. The molecule has 4 rings (SSSR count). The summed E-state index contributed by atoms with van der Waals surface area (Å²) in [6, 6.07) is 10.2. The van der Waals surface area contributed by atoms with Gasteiger partial charge in [-0.25, -0.2) is 0 Å². The average molecular weight is 353 g/mol. The molecule has 0 spiro atoms. The highest BCUT2D eigenvalue weighted by Gasteiger charge is 2.34. The number of hydrogen-bond acceptors (Lipinski definition) is 6. The molecule has 26 heavy (non-hydrogen) atoms. The van der Waals surface area contributed by atoms with Gasteiger partial charge in [-0.1, -0.05) is 18.2 Å². The van der Waals surface area contributed by atoms with Gasteiger partial charge < -0.3 is 9.47 Å². The van der Waals surface area contributed by atoms with Crippen LogP contribution in [0.4, 0.5) is 5.69 Å². The lowest BCUT2D eigenvalue weighted by molar-refractivity contribution is -0.387. The van der Waals surface area contributed by atoms with Gasteiger partial charge in [-0.15, -0.1) is 0 Å². The Morgan fingerprint density at radius 3 is 2.85 bits per heavy atom. The lowest BCUT2D eigenvalue weighted by Gasteiger charge is -2.18. The summed E-state index contributed by atoms with van der Waals surface area (Å²) in [5.41, 5.74) is -0.725. The van der Waals surface area contributed by atoms with Gasteiger partial charge in [0.05, 0.1) is 4.92 Å². The Hall–Kier alpha value is -3.42. The van der Waals surface area contributed by atoms with E-state index in [0.717, 1.165) is 9.96 Å². The summed E-state index contributed by atoms with van der Waals surface area (Å²) in [6.45, 7) is 3.89. The first-order valence-electron chi connectivity index (χ1n) is 8.00. The molecule has 1 aliphatic rings. The van der Waals surface area contributed by atoms with Gasteiger partial charge in [-0.05, 0) is 32.0 Å². The number of pyridine rings is 1. The van der Waals surface area contributed by atoms with E-state index in [1.807, 2.05) is 19.9 Å². The number of para-hydroxylation sites is 1. The first kappa shape index (κ1) is 16.1. The molecule has 2 aromatic heterocycles. The average Bonchev–Trinajstić information content (AvgIpc) is 2.90. The van der Waals surface area contributed by atoms with Crippen molar-refractivity contribution in [3.63, 3.8) is 0 Å². The molecular formula is C18H15N3O5. The predicted molar refractivity (Wildman–Crippen MR) is 93.0 cm³/mol. The Bertz CT molecular complexity index is 1100. The number of aromatic nitrogens is 2. The normalized spacial score (nSPS) is 14.7. The van der Waals surface area contributed by atoms with Crippen molar-refractivity contribution in [2.75, 3.05) is 0 Å². The van der Waals surface area contributed by atoms with Gasteiger partial charge in [0.1, 0.15) is 11.2 Å². The number of fused-ring (bicyclic) bond motifs is 2. The molecule has 1 aliphatic heterocycles. The summed E-state index contributed by atoms with van der Waals surface area (Å²) in [5, 5.41) is 11.5. The van der Waals surface area contributed by atoms with E-state index in [-0.39, 0.29) is 11.5 Å². The quantitative estimate of drug-likeness (QED) is 0.530. The van der Waals surface area contributed by atoms with Gasteiger partial charge in [-0.3, -0.25) is 19.3 Å². The molecule has 0 bridgehead atoms. The van der Waals surface area contributed by atoms with E-state index in [1.165, 1.54) is 6.20 Å². The molecule has 3 heterocycles. The van der Waals surface area contributed by atoms with Crippen molar-refractivity contribution >= 4 is 11.3 Å². The lowest BCUT2D eigenvalue weighted by atomic mass is 10.0. The molecule has 1 aromatic carbocycles.